The highest BCUT2D eigenvalue weighted by Gasteiger charge is 2.51. The van der Waals surface area contributed by atoms with Gasteiger partial charge in [0.05, 0.1) is 6.07 Å². The molecule has 0 radical (unpaired) electrons. The summed E-state index contributed by atoms with van der Waals surface area (Å²) in [5.41, 5.74) is 0. The number of nitriles is 1. The topological polar surface area (TPSA) is 44.1 Å². The third-order valence-electron chi connectivity index (χ3n) is 2.52. The Morgan fingerprint density at radius 1 is 1.38 bits per heavy atom. The first-order chi connectivity index (χ1) is 7.39. The number of hydrogen-bond donors (Lipinski definition) is 0. The van der Waals surface area contributed by atoms with Crippen LogP contribution in [0.4, 0.5) is 17.6 Å². The minimum absolute atomic E-state index is 0.0701. The molecule has 90 valence electrons. The zero-order valence-corrected chi connectivity index (χ0v) is 8.30. The Labute approximate surface area is 89.6 Å². The zero-order chi connectivity index (χ0) is 12.3. The molecule has 0 saturated carbocycles. The van der Waals surface area contributed by atoms with Gasteiger partial charge in [-0.2, -0.15) is 14.0 Å². The molecule has 1 fully saturated rings. The molecule has 0 aromatic rings. The van der Waals surface area contributed by atoms with Gasteiger partial charge in [0.15, 0.2) is 0 Å². The van der Waals surface area contributed by atoms with Crippen molar-refractivity contribution in [1.82, 2.24) is 4.90 Å². The highest BCUT2D eigenvalue weighted by molar-refractivity contribution is 5.84. The summed E-state index contributed by atoms with van der Waals surface area (Å²) in [4.78, 5) is 11.8. The molecule has 0 unspecified atom stereocenters. The Kier molecular flexibility index (Phi) is 3.73. The summed E-state index contributed by atoms with van der Waals surface area (Å²) in [7, 11) is 0. The van der Waals surface area contributed by atoms with E-state index in [0.29, 0.717) is 4.90 Å². The molecule has 1 amide bonds. The number of carbonyl (C=O) groups is 1. The summed E-state index contributed by atoms with van der Waals surface area (Å²) < 4.78 is 49.2. The van der Waals surface area contributed by atoms with Crippen LogP contribution in [0, 0.1) is 17.2 Å². The molecule has 0 aromatic heterocycles. The van der Waals surface area contributed by atoms with E-state index in [2.05, 4.69) is 0 Å². The molecule has 1 saturated heterocycles. The van der Waals surface area contributed by atoms with E-state index in [9.17, 15) is 22.4 Å². The molecule has 0 aromatic carbocycles. The number of hydrogen-bond acceptors (Lipinski definition) is 2. The number of amides is 1. The van der Waals surface area contributed by atoms with Crippen LogP contribution >= 0.6 is 0 Å². The van der Waals surface area contributed by atoms with Crippen molar-refractivity contribution >= 4 is 5.91 Å². The molecule has 0 atom stereocenters. The second kappa shape index (κ2) is 4.68. The molecule has 0 spiro atoms. The standard InChI is InChI=1S/C9H10F4N2O/c10-7(11)9(12,13)8(16)15-3-1-6(5-14)2-4-15/h6-7H,1-4H2. The van der Waals surface area contributed by atoms with Gasteiger partial charge in [-0.1, -0.05) is 0 Å². The molecule has 0 bridgehead atoms. The van der Waals surface area contributed by atoms with E-state index in [0.717, 1.165) is 0 Å². The molecule has 7 heteroatoms. The van der Waals surface area contributed by atoms with Crippen molar-refractivity contribution in [3.05, 3.63) is 0 Å². The summed E-state index contributed by atoms with van der Waals surface area (Å²) in [6, 6.07) is 1.95. The monoisotopic (exact) mass is 238 g/mol. The Morgan fingerprint density at radius 3 is 2.25 bits per heavy atom. The largest absolute Gasteiger partial charge is 0.383 e. The van der Waals surface area contributed by atoms with Crippen LogP contribution in [0.1, 0.15) is 12.8 Å². The quantitative estimate of drug-likeness (QED) is 0.686. The molecular formula is C9H10F4N2O. The van der Waals surface area contributed by atoms with Gasteiger partial charge in [-0.15, -0.1) is 0 Å². The number of halogens is 4. The molecule has 1 aliphatic rings. The van der Waals surface area contributed by atoms with Crippen molar-refractivity contribution in [1.29, 1.82) is 5.26 Å². The summed E-state index contributed by atoms with van der Waals surface area (Å²) in [6.07, 6.45) is -3.49. The zero-order valence-electron chi connectivity index (χ0n) is 8.30. The van der Waals surface area contributed by atoms with Crippen LogP contribution in [0.3, 0.4) is 0 Å². The van der Waals surface area contributed by atoms with E-state index in [1.807, 2.05) is 6.07 Å². The first kappa shape index (κ1) is 12.7. The Morgan fingerprint density at radius 2 is 1.88 bits per heavy atom. The van der Waals surface area contributed by atoms with Gasteiger partial charge < -0.3 is 4.90 Å². The number of piperidine rings is 1. The van der Waals surface area contributed by atoms with Crippen LogP contribution in [0.25, 0.3) is 0 Å². The van der Waals surface area contributed by atoms with Crippen LogP contribution in [-0.2, 0) is 4.79 Å². The number of likely N-dealkylation sites (tertiary alicyclic amines) is 1. The fourth-order valence-corrected chi connectivity index (χ4v) is 1.52. The Bertz CT molecular complexity index is 305. The van der Waals surface area contributed by atoms with Crippen LogP contribution < -0.4 is 0 Å². The van der Waals surface area contributed by atoms with Crippen molar-refractivity contribution in [2.75, 3.05) is 13.1 Å². The predicted octanol–water partition coefficient (Wildman–Crippen LogP) is 1.65. The maximum absolute atomic E-state index is 12.7. The summed E-state index contributed by atoms with van der Waals surface area (Å²) >= 11 is 0. The second-order valence-electron chi connectivity index (χ2n) is 3.62. The van der Waals surface area contributed by atoms with Crippen molar-refractivity contribution in [3.8, 4) is 6.07 Å². The van der Waals surface area contributed by atoms with Gasteiger partial charge >= 0.3 is 12.3 Å². The van der Waals surface area contributed by atoms with E-state index < -0.39 is 18.3 Å². The number of nitrogens with zero attached hydrogens (tertiary/aromatic N) is 2. The minimum atomic E-state index is -4.63. The first-order valence-electron chi connectivity index (χ1n) is 4.74. The van der Waals surface area contributed by atoms with Gasteiger partial charge in [-0.05, 0) is 12.8 Å². The normalized spacial score (nSPS) is 18.6. The Hall–Kier alpha value is -1.32. The number of carbonyl (C=O) groups excluding carboxylic acids is 1. The van der Waals surface area contributed by atoms with E-state index in [-0.39, 0.29) is 31.8 Å². The van der Waals surface area contributed by atoms with Crippen molar-refractivity contribution in [2.24, 2.45) is 5.92 Å². The molecule has 0 N–H and O–H groups in total. The van der Waals surface area contributed by atoms with Crippen LogP contribution in [-0.4, -0.2) is 36.2 Å². The number of rotatable bonds is 2. The van der Waals surface area contributed by atoms with Gasteiger partial charge in [-0.3, -0.25) is 4.79 Å². The summed E-state index contributed by atoms with van der Waals surface area (Å²) in [5, 5.41) is 8.54. The molecule has 1 rings (SSSR count). The van der Waals surface area contributed by atoms with Gasteiger partial charge in [0.2, 0.25) is 0 Å². The lowest BCUT2D eigenvalue weighted by Gasteiger charge is -2.31. The molecule has 16 heavy (non-hydrogen) atoms. The van der Waals surface area contributed by atoms with Gasteiger partial charge in [0.25, 0.3) is 5.91 Å². The third-order valence-corrected chi connectivity index (χ3v) is 2.52. The predicted molar refractivity (Wildman–Crippen MR) is 45.9 cm³/mol. The summed E-state index contributed by atoms with van der Waals surface area (Å²) in [6.45, 7) is -0.140. The molecule has 0 aliphatic carbocycles. The fourth-order valence-electron chi connectivity index (χ4n) is 1.52. The van der Waals surface area contributed by atoms with Crippen molar-refractivity contribution in [3.63, 3.8) is 0 Å². The fraction of sp³-hybridized carbons (Fsp3) is 0.778. The lowest BCUT2D eigenvalue weighted by Crippen LogP contribution is -2.50. The van der Waals surface area contributed by atoms with Crippen LogP contribution in [0.5, 0.6) is 0 Å². The third kappa shape index (κ3) is 2.43. The SMILES string of the molecule is N#CC1CCN(C(=O)C(F)(F)C(F)F)CC1. The highest BCUT2D eigenvalue weighted by atomic mass is 19.3. The van der Waals surface area contributed by atoms with E-state index >= 15 is 0 Å². The van der Waals surface area contributed by atoms with Gasteiger partial charge in [0.1, 0.15) is 0 Å². The number of alkyl halides is 4. The molecule has 1 aliphatic heterocycles. The second-order valence-corrected chi connectivity index (χ2v) is 3.62. The van der Waals surface area contributed by atoms with Crippen molar-refractivity contribution in [2.45, 2.75) is 25.2 Å². The lowest BCUT2D eigenvalue weighted by molar-refractivity contribution is -0.181. The molecule has 3 nitrogen and oxygen atoms in total. The maximum Gasteiger partial charge on any atom is 0.383 e. The van der Waals surface area contributed by atoms with Crippen molar-refractivity contribution < 1.29 is 22.4 Å². The first-order valence-corrected chi connectivity index (χ1v) is 4.74. The smallest absolute Gasteiger partial charge is 0.337 e. The van der Waals surface area contributed by atoms with Crippen LogP contribution in [0.15, 0.2) is 0 Å². The summed E-state index contributed by atoms with van der Waals surface area (Å²) in [5.74, 6) is -6.76. The van der Waals surface area contributed by atoms with E-state index in [4.69, 9.17) is 5.26 Å². The molecule has 1 heterocycles. The molecular weight excluding hydrogens is 228 g/mol. The average molecular weight is 238 g/mol. The van der Waals surface area contributed by atoms with Crippen LogP contribution in [0.2, 0.25) is 0 Å². The maximum atomic E-state index is 12.7. The van der Waals surface area contributed by atoms with E-state index in [1.54, 1.807) is 0 Å². The average Bonchev–Trinajstić information content (AvgIpc) is 2.28. The highest BCUT2D eigenvalue weighted by Crippen LogP contribution is 2.27. The van der Waals surface area contributed by atoms with Gasteiger partial charge in [-0.25, -0.2) is 8.78 Å². The lowest BCUT2D eigenvalue weighted by atomic mass is 9.98. The minimum Gasteiger partial charge on any atom is -0.337 e. The van der Waals surface area contributed by atoms with E-state index in [1.165, 1.54) is 0 Å². The Balaban J connectivity index is 2.61. The van der Waals surface area contributed by atoms with Gasteiger partial charge in [0, 0.05) is 19.0 Å².